The minimum atomic E-state index is -1.39. The maximum absolute atomic E-state index is 12.8. The summed E-state index contributed by atoms with van der Waals surface area (Å²) in [5, 5.41) is 0. The van der Waals surface area contributed by atoms with Crippen LogP contribution in [0.2, 0.25) is 0 Å². The number of benzene rings is 1. The van der Waals surface area contributed by atoms with Gasteiger partial charge in [-0.2, -0.15) is 0 Å². The third kappa shape index (κ3) is 3.16. The third-order valence-corrected chi connectivity index (χ3v) is 1.94. The first-order valence-corrected chi connectivity index (χ1v) is 4.49. The molecule has 0 heterocycles. The van der Waals surface area contributed by atoms with Crippen molar-refractivity contribution in [1.29, 1.82) is 0 Å². The summed E-state index contributed by atoms with van der Waals surface area (Å²) in [6.45, 7) is 1.11. The first kappa shape index (κ1) is 12.4. The fourth-order valence-electron chi connectivity index (χ4n) is 0.916. The predicted octanol–water partition coefficient (Wildman–Crippen LogP) is 0.546. The lowest BCUT2D eigenvalue weighted by Crippen LogP contribution is -2.53. The smallest absolute Gasteiger partial charge is 0.240 e. The van der Waals surface area contributed by atoms with Crippen molar-refractivity contribution in [2.24, 2.45) is 11.5 Å². The van der Waals surface area contributed by atoms with E-state index in [4.69, 9.17) is 16.2 Å². The van der Waals surface area contributed by atoms with Gasteiger partial charge in [0.15, 0.2) is 0 Å². The number of hydrogen-bond acceptors (Lipinski definition) is 3. The van der Waals surface area contributed by atoms with Gasteiger partial charge >= 0.3 is 0 Å². The summed E-state index contributed by atoms with van der Waals surface area (Å²) >= 11 is 0. The molecular weight excluding hydrogens is 218 g/mol. The van der Waals surface area contributed by atoms with E-state index in [0.717, 1.165) is 12.1 Å². The van der Waals surface area contributed by atoms with Gasteiger partial charge in [-0.25, -0.2) is 8.78 Å². The van der Waals surface area contributed by atoms with Crippen LogP contribution in [-0.4, -0.2) is 18.1 Å². The molecule has 1 unspecified atom stereocenters. The summed E-state index contributed by atoms with van der Waals surface area (Å²) in [6, 6.07) is 2.68. The molecule has 0 aliphatic rings. The monoisotopic (exact) mass is 230 g/mol. The van der Waals surface area contributed by atoms with E-state index in [9.17, 15) is 13.6 Å². The Kier molecular flexibility index (Phi) is 3.44. The summed E-state index contributed by atoms with van der Waals surface area (Å²) in [7, 11) is 0. The van der Waals surface area contributed by atoms with Crippen LogP contribution in [0.4, 0.5) is 8.78 Å². The zero-order valence-corrected chi connectivity index (χ0v) is 8.67. The van der Waals surface area contributed by atoms with Crippen molar-refractivity contribution >= 4 is 5.91 Å². The highest BCUT2D eigenvalue weighted by molar-refractivity contribution is 5.84. The van der Waals surface area contributed by atoms with Crippen molar-refractivity contribution in [3.05, 3.63) is 29.8 Å². The van der Waals surface area contributed by atoms with E-state index in [1.807, 2.05) is 0 Å². The molecule has 88 valence electrons. The number of ether oxygens (including phenoxy) is 1. The van der Waals surface area contributed by atoms with Crippen LogP contribution in [0.25, 0.3) is 0 Å². The average molecular weight is 230 g/mol. The second-order valence-electron chi connectivity index (χ2n) is 3.68. The van der Waals surface area contributed by atoms with Crippen LogP contribution in [0.5, 0.6) is 5.75 Å². The minimum absolute atomic E-state index is 0.0459. The molecule has 0 aliphatic heterocycles. The molecule has 1 aromatic rings. The number of nitrogens with two attached hydrogens (primary N) is 2. The first-order chi connectivity index (χ1) is 7.31. The minimum Gasteiger partial charge on any atom is -0.491 e. The Bertz CT molecular complexity index is 388. The van der Waals surface area contributed by atoms with Gasteiger partial charge in [-0.3, -0.25) is 4.79 Å². The van der Waals surface area contributed by atoms with Crippen molar-refractivity contribution in [2.75, 3.05) is 6.61 Å². The molecule has 4 nitrogen and oxygen atoms in total. The molecule has 0 aromatic heterocycles. The highest BCUT2D eigenvalue weighted by Crippen LogP contribution is 2.16. The Balaban J connectivity index is 2.71. The standard InChI is InChI=1S/C10H12F2N2O2/c1-10(14,9(13)15)5-16-8-3-6(11)2-7(12)4-8/h2-4H,5,14H2,1H3,(H2,13,15). The Morgan fingerprint density at radius 1 is 1.38 bits per heavy atom. The molecule has 1 atom stereocenters. The summed E-state index contributed by atoms with van der Waals surface area (Å²) in [4.78, 5) is 10.8. The third-order valence-electron chi connectivity index (χ3n) is 1.94. The Labute approximate surface area is 91.2 Å². The van der Waals surface area contributed by atoms with Crippen molar-refractivity contribution in [2.45, 2.75) is 12.5 Å². The predicted molar refractivity (Wildman–Crippen MR) is 53.6 cm³/mol. The van der Waals surface area contributed by atoms with E-state index in [2.05, 4.69) is 0 Å². The number of halogens is 2. The van der Waals surface area contributed by atoms with Gasteiger partial charge in [-0.15, -0.1) is 0 Å². The molecular formula is C10H12F2N2O2. The van der Waals surface area contributed by atoms with E-state index in [1.165, 1.54) is 6.92 Å². The molecule has 1 rings (SSSR count). The molecule has 0 spiro atoms. The fourth-order valence-corrected chi connectivity index (χ4v) is 0.916. The Hall–Kier alpha value is -1.69. The van der Waals surface area contributed by atoms with E-state index >= 15 is 0 Å². The summed E-state index contributed by atoms with van der Waals surface area (Å²) in [6.07, 6.45) is 0. The molecule has 1 aromatic carbocycles. The number of amides is 1. The van der Waals surface area contributed by atoms with Gasteiger partial charge in [0.25, 0.3) is 0 Å². The van der Waals surface area contributed by atoms with Crippen LogP contribution < -0.4 is 16.2 Å². The molecule has 0 bridgehead atoms. The van der Waals surface area contributed by atoms with Gasteiger partial charge in [-0.05, 0) is 6.92 Å². The zero-order chi connectivity index (χ0) is 12.3. The van der Waals surface area contributed by atoms with Crippen LogP contribution in [0, 0.1) is 11.6 Å². The SMILES string of the molecule is CC(N)(COc1cc(F)cc(F)c1)C(N)=O. The van der Waals surface area contributed by atoms with E-state index in [-0.39, 0.29) is 12.4 Å². The van der Waals surface area contributed by atoms with Crippen LogP contribution in [0.1, 0.15) is 6.92 Å². The second kappa shape index (κ2) is 4.44. The van der Waals surface area contributed by atoms with Crippen LogP contribution in [0.15, 0.2) is 18.2 Å². The molecule has 0 aliphatic carbocycles. The van der Waals surface area contributed by atoms with Crippen molar-refractivity contribution in [3.63, 3.8) is 0 Å². The van der Waals surface area contributed by atoms with Gasteiger partial charge < -0.3 is 16.2 Å². The Morgan fingerprint density at radius 2 is 1.88 bits per heavy atom. The molecule has 0 radical (unpaired) electrons. The van der Waals surface area contributed by atoms with Gasteiger partial charge in [-0.1, -0.05) is 0 Å². The second-order valence-corrected chi connectivity index (χ2v) is 3.68. The molecule has 0 fully saturated rings. The largest absolute Gasteiger partial charge is 0.491 e. The summed E-state index contributed by atoms with van der Waals surface area (Å²) in [5.74, 6) is -2.35. The maximum atomic E-state index is 12.8. The maximum Gasteiger partial charge on any atom is 0.240 e. The van der Waals surface area contributed by atoms with Gasteiger partial charge in [0.05, 0.1) is 0 Å². The van der Waals surface area contributed by atoms with Crippen molar-refractivity contribution < 1.29 is 18.3 Å². The quantitative estimate of drug-likeness (QED) is 0.792. The van der Waals surface area contributed by atoms with Gasteiger partial charge in [0.1, 0.15) is 29.5 Å². The number of rotatable bonds is 4. The topological polar surface area (TPSA) is 78.3 Å². The van der Waals surface area contributed by atoms with Crippen LogP contribution in [-0.2, 0) is 4.79 Å². The van der Waals surface area contributed by atoms with E-state index < -0.39 is 23.1 Å². The van der Waals surface area contributed by atoms with Gasteiger partial charge in [0.2, 0.25) is 5.91 Å². The normalized spacial score (nSPS) is 14.2. The molecule has 1 amide bonds. The fraction of sp³-hybridized carbons (Fsp3) is 0.300. The number of carbonyl (C=O) groups excluding carboxylic acids is 1. The molecule has 0 saturated heterocycles. The van der Waals surface area contributed by atoms with Crippen LogP contribution >= 0.6 is 0 Å². The van der Waals surface area contributed by atoms with Crippen molar-refractivity contribution in [3.8, 4) is 5.75 Å². The summed E-state index contributed by atoms with van der Waals surface area (Å²) < 4.78 is 30.5. The highest BCUT2D eigenvalue weighted by atomic mass is 19.1. The van der Waals surface area contributed by atoms with Crippen LogP contribution in [0.3, 0.4) is 0 Å². The number of carbonyl (C=O) groups is 1. The summed E-state index contributed by atoms with van der Waals surface area (Å²) in [5.41, 5.74) is 9.11. The van der Waals surface area contributed by atoms with Gasteiger partial charge in [0, 0.05) is 18.2 Å². The molecule has 4 N–H and O–H groups in total. The zero-order valence-electron chi connectivity index (χ0n) is 8.67. The number of primary amides is 1. The molecule has 16 heavy (non-hydrogen) atoms. The van der Waals surface area contributed by atoms with Crippen molar-refractivity contribution in [1.82, 2.24) is 0 Å². The molecule has 6 heteroatoms. The highest BCUT2D eigenvalue weighted by Gasteiger charge is 2.26. The van der Waals surface area contributed by atoms with E-state index in [1.54, 1.807) is 0 Å². The average Bonchev–Trinajstić information content (AvgIpc) is 2.13. The number of hydrogen-bond donors (Lipinski definition) is 2. The molecule has 0 saturated carbocycles. The lowest BCUT2D eigenvalue weighted by molar-refractivity contribution is -0.123. The van der Waals surface area contributed by atoms with E-state index in [0.29, 0.717) is 6.07 Å². The lowest BCUT2D eigenvalue weighted by atomic mass is 10.1. The lowest BCUT2D eigenvalue weighted by Gasteiger charge is -2.20. The first-order valence-electron chi connectivity index (χ1n) is 4.49. The Morgan fingerprint density at radius 3 is 2.31 bits per heavy atom.